The number of carboxylic acids is 1. The maximum atomic E-state index is 10.5. The third-order valence-corrected chi connectivity index (χ3v) is 1.41. The molecule has 0 amide bonds. The number of hydrogen-bond acceptors (Lipinski definition) is 2. The van der Waals surface area contributed by atoms with Gasteiger partial charge in [0.25, 0.3) is 0 Å². The van der Waals surface area contributed by atoms with Gasteiger partial charge in [-0.1, -0.05) is 6.92 Å². The first-order valence-electron chi connectivity index (χ1n) is 4.11. The molecule has 0 aliphatic carbocycles. The molecule has 0 fully saturated rings. The molecule has 0 heterocycles. The molecule has 0 unspecified atom stereocenters. The number of rotatable bonds is 5. The van der Waals surface area contributed by atoms with Gasteiger partial charge in [-0.05, 0) is 26.3 Å². The van der Waals surface area contributed by atoms with Gasteiger partial charge in [0.1, 0.15) is 0 Å². The monoisotopic (exact) mass is 172 g/mol. The van der Waals surface area contributed by atoms with Gasteiger partial charge >= 0.3 is 5.97 Å². The van der Waals surface area contributed by atoms with Gasteiger partial charge in [0.2, 0.25) is 0 Å². The maximum absolute atomic E-state index is 10.5. The second-order valence-electron chi connectivity index (χ2n) is 2.77. The van der Waals surface area contributed by atoms with Crippen LogP contribution in [0, 0.1) is 0 Å². The second-order valence-corrected chi connectivity index (χ2v) is 2.77. The molecule has 0 aromatic carbocycles. The number of carbonyl (C=O) groups is 1. The van der Waals surface area contributed by atoms with E-state index in [0.29, 0.717) is 18.6 Å². The number of hydrogen-bond donors (Lipinski definition) is 1. The van der Waals surface area contributed by atoms with E-state index in [1.165, 1.54) is 0 Å². The normalized spacial score (nSPS) is 12.2. The quantitative estimate of drug-likeness (QED) is 0.643. The first kappa shape index (κ1) is 11.2. The average molecular weight is 172 g/mol. The topological polar surface area (TPSA) is 46.5 Å². The largest absolute Gasteiger partial charge is 0.478 e. The lowest BCUT2D eigenvalue weighted by Crippen LogP contribution is -2.05. The molecule has 3 heteroatoms. The van der Waals surface area contributed by atoms with Crippen LogP contribution in [0.15, 0.2) is 11.6 Å². The standard InChI is InChI=1S/C9H16O3/c1-4-8(9(10)11)5-6-12-7(2)3/h5,7H,4,6H2,1-3H3,(H,10,11). The maximum Gasteiger partial charge on any atom is 0.331 e. The summed E-state index contributed by atoms with van der Waals surface area (Å²) in [7, 11) is 0. The minimum atomic E-state index is -0.857. The molecule has 12 heavy (non-hydrogen) atoms. The summed E-state index contributed by atoms with van der Waals surface area (Å²) >= 11 is 0. The van der Waals surface area contributed by atoms with Crippen molar-refractivity contribution in [2.24, 2.45) is 0 Å². The fraction of sp³-hybridized carbons (Fsp3) is 0.667. The van der Waals surface area contributed by atoms with Gasteiger partial charge in [0.05, 0.1) is 12.7 Å². The smallest absolute Gasteiger partial charge is 0.331 e. The zero-order valence-corrected chi connectivity index (χ0v) is 7.83. The summed E-state index contributed by atoms with van der Waals surface area (Å²) in [5.74, 6) is -0.857. The van der Waals surface area contributed by atoms with Crippen LogP contribution in [-0.4, -0.2) is 23.8 Å². The molecule has 0 saturated heterocycles. The Hall–Kier alpha value is -0.830. The molecule has 0 aliphatic rings. The highest BCUT2D eigenvalue weighted by molar-refractivity contribution is 5.86. The highest BCUT2D eigenvalue weighted by Crippen LogP contribution is 2.00. The molecular weight excluding hydrogens is 156 g/mol. The molecule has 0 bridgehead atoms. The summed E-state index contributed by atoms with van der Waals surface area (Å²) in [5.41, 5.74) is 0.413. The van der Waals surface area contributed by atoms with Crippen molar-refractivity contribution < 1.29 is 14.6 Å². The van der Waals surface area contributed by atoms with E-state index in [1.807, 2.05) is 20.8 Å². The van der Waals surface area contributed by atoms with Gasteiger partial charge in [0.15, 0.2) is 0 Å². The van der Waals surface area contributed by atoms with Crippen LogP contribution in [0.2, 0.25) is 0 Å². The van der Waals surface area contributed by atoms with E-state index in [-0.39, 0.29) is 6.10 Å². The lowest BCUT2D eigenvalue weighted by molar-refractivity contribution is -0.132. The Morgan fingerprint density at radius 3 is 2.50 bits per heavy atom. The molecule has 0 rings (SSSR count). The fourth-order valence-electron chi connectivity index (χ4n) is 0.724. The van der Waals surface area contributed by atoms with Gasteiger partial charge in [-0.2, -0.15) is 0 Å². The second kappa shape index (κ2) is 5.77. The van der Waals surface area contributed by atoms with E-state index in [1.54, 1.807) is 6.08 Å². The predicted molar refractivity (Wildman–Crippen MR) is 47.1 cm³/mol. The van der Waals surface area contributed by atoms with E-state index in [4.69, 9.17) is 9.84 Å². The summed E-state index contributed by atoms with van der Waals surface area (Å²) in [5, 5.41) is 8.61. The summed E-state index contributed by atoms with van der Waals surface area (Å²) in [6.45, 7) is 6.03. The Morgan fingerprint density at radius 2 is 2.17 bits per heavy atom. The average Bonchev–Trinajstić information content (AvgIpc) is 1.96. The lowest BCUT2D eigenvalue weighted by Gasteiger charge is -2.04. The highest BCUT2D eigenvalue weighted by atomic mass is 16.5. The van der Waals surface area contributed by atoms with Crippen molar-refractivity contribution in [3.8, 4) is 0 Å². The first-order chi connectivity index (χ1) is 5.57. The van der Waals surface area contributed by atoms with E-state index >= 15 is 0 Å². The van der Waals surface area contributed by atoms with Gasteiger partial charge in [-0.3, -0.25) is 0 Å². The third-order valence-electron chi connectivity index (χ3n) is 1.41. The molecule has 70 valence electrons. The molecular formula is C9H16O3. The van der Waals surface area contributed by atoms with Crippen molar-refractivity contribution in [2.45, 2.75) is 33.3 Å². The number of aliphatic carboxylic acids is 1. The lowest BCUT2D eigenvalue weighted by atomic mass is 10.2. The Bertz CT molecular complexity index is 171. The number of ether oxygens (including phenoxy) is 1. The summed E-state index contributed by atoms with van der Waals surface area (Å²) in [4.78, 5) is 10.5. The van der Waals surface area contributed by atoms with Crippen molar-refractivity contribution in [1.29, 1.82) is 0 Å². The summed E-state index contributed by atoms with van der Waals surface area (Å²) in [6.07, 6.45) is 2.30. The Kier molecular flexibility index (Phi) is 5.37. The van der Waals surface area contributed by atoms with E-state index in [9.17, 15) is 4.79 Å². The van der Waals surface area contributed by atoms with E-state index in [2.05, 4.69) is 0 Å². The zero-order chi connectivity index (χ0) is 9.56. The van der Waals surface area contributed by atoms with Crippen LogP contribution in [-0.2, 0) is 9.53 Å². The van der Waals surface area contributed by atoms with Gasteiger partial charge < -0.3 is 9.84 Å². The van der Waals surface area contributed by atoms with Crippen LogP contribution >= 0.6 is 0 Å². The fourth-order valence-corrected chi connectivity index (χ4v) is 0.724. The van der Waals surface area contributed by atoms with Crippen molar-refractivity contribution in [3.63, 3.8) is 0 Å². The first-order valence-corrected chi connectivity index (χ1v) is 4.11. The molecule has 0 radical (unpaired) electrons. The van der Waals surface area contributed by atoms with Crippen LogP contribution in [0.25, 0.3) is 0 Å². The molecule has 0 spiro atoms. The Morgan fingerprint density at radius 1 is 1.58 bits per heavy atom. The van der Waals surface area contributed by atoms with Crippen molar-refractivity contribution in [2.75, 3.05) is 6.61 Å². The van der Waals surface area contributed by atoms with Crippen molar-refractivity contribution in [1.82, 2.24) is 0 Å². The molecule has 0 aromatic rings. The van der Waals surface area contributed by atoms with E-state index < -0.39 is 5.97 Å². The summed E-state index contributed by atoms with van der Waals surface area (Å²) in [6, 6.07) is 0. The molecule has 0 atom stereocenters. The predicted octanol–water partition coefficient (Wildman–Crippen LogP) is 1.83. The van der Waals surface area contributed by atoms with Crippen LogP contribution in [0.5, 0.6) is 0 Å². The summed E-state index contributed by atoms with van der Waals surface area (Å²) < 4.78 is 5.18. The molecule has 0 saturated carbocycles. The van der Waals surface area contributed by atoms with Crippen LogP contribution < -0.4 is 0 Å². The van der Waals surface area contributed by atoms with E-state index in [0.717, 1.165) is 0 Å². The molecule has 1 N–H and O–H groups in total. The van der Waals surface area contributed by atoms with Crippen LogP contribution in [0.4, 0.5) is 0 Å². The van der Waals surface area contributed by atoms with Crippen molar-refractivity contribution in [3.05, 3.63) is 11.6 Å². The minimum absolute atomic E-state index is 0.146. The van der Waals surface area contributed by atoms with Crippen LogP contribution in [0.1, 0.15) is 27.2 Å². The highest BCUT2D eigenvalue weighted by Gasteiger charge is 2.02. The Balaban J connectivity index is 3.87. The Labute approximate surface area is 73.0 Å². The molecule has 0 aliphatic heterocycles. The van der Waals surface area contributed by atoms with Gasteiger partial charge in [0, 0.05) is 5.57 Å². The number of carboxylic acid groups (broad SMARTS) is 1. The molecule has 3 nitrogen and oxygen atoms in total. The van der Waals surface area contributed by atoms with Gasteiger partial charge in [-0.15, -0.1) is 0 Å². The van der Waals surface area contributed by atoms with Crippen molar-refractivity contribution >= 4 is 5.97 Å². The SMILES string of the molecule is CCC(=CCOC(C)C)C(=O)O. The van der Waals surface area contributed by atoms with Gasteiger partial charge in [-0.25, -0.2) is 4.79 Å². The zero-order valence-electron chi connectivity index (χ0n) is 7.83. The van der Waals surface area contributed by atoms with Crippen LogP contribution in [0.3, 0.4) is 0 Å². The minimum Gasteiger partial charge on any atom is -0.478 e. The molecule has 0 aromatic heterocycles. The third kappa shape index (κ3) is 4.91.